The molecule has 0 aromatic rings. The Morgan fingerprint density at radius 1 is 0.700 bits per heavy atom. The average Bonchev–Trinajstić information content (AvgIpc) is 2.68. The quantitative estimate of drug-likeness (QED) is 0.0779. The van der Waals surface area contributed by atoms with Gasteiger partial charge in [-0.2, -0.15) is 0 Å². The van der Waals surface area contributed by atoms with Gasteiger partial charge in [0.1, 0.15) is 0 Å². The van der Waals surface area contributed by atoms with Crippen molar-refractivity contribution >= 4 is 8.03 Å². The first-order chi connectivity index (χ1) is 14.3. The van der Waals surface area contributed by atoms with E-state index in [9.17, 15) is 9.46 Å². The Morgan fingerprint density at radius 3 is 1.47 bits per heavy atom. The molecule has 4 heteroatoms. The van der Waals surface area contributed by atoms with E-state index in [-0.39, 0.29) is 0 Å². The van der Waals surface area contributed by atoms with Crippen LogP contribution in [-0.2, 0) is 4.57 Å². The van der Waals surface area contributed by atoms with Gasteiger partial charge in [0.05, 0.1) is 21.1 Å². The fourth-order valence-electron chi connectivity index (χ4n) is 4.46. The number of nitrogens with zero attached hydrogens (tertiary/aromatic N) is 1. The lowest BCUT2D eigenvalue weighted by atomic mass is 10.0. The van der Waals surface area contributed by atoms with Crippen molar-refractivity contribution in [2.75, 3.05) is 21.1 Å². The lowest BCUT2D eigenvalue weighted by Crippen LogP contribution is -2.55. The van der Waals surface area contributed by atoms with Crippen molar-refractivity contribution in [3.05, 3.63) is 12.2 Å². The summed E-state index contributed by atoms with van der Waals surface area (Å²) in [5.74, 6) is 0. The zero-order chi connectivity index (χ0) is 22.7. The smallest absolute Gasteiger partial charge is 0.376 e. The maximum atomic E-state index is 11.9. The van der Waals surface area contributed by atoms with E-state index < -0.39 is 13.3 Å². The lowest BCUT2D eigenvalue weighted by Gasteiger charge is -2.39. The van der Waals surface area contributed by atoms with Crippen molar-refractivity contribution in [1.82, 2.24) is 0 Å². The largest absolute Gasteiger partial charge is 0.590 e. The van der Waals surface area contributed by atoms with Crippen LogP contribution in [0.25, 0.3) is 0 Å². The van der Waals surface area contributed by atoms with E-state index in [0.717, 1.165) is 25.7 Å². The Balaban J connectivity index is 3.61. The molecule has 3 nitrogen and oxygen atoms in total. The van der Waals surface area contributed by atoms with Crippen LogP contribution in [0.1, 0.15) is 129 Å². The van der Waals surface area contributed by atoms with Gasteiger partial charge in [-0.1, -0.05) is 101 Å². The third-order valence-electron chi connectivity index (χ3n) is 6.74. The number of quaternary nitrogens is 1. The topological polar surface area (TPSA) is 40.1 Å². The molecule has 2 unspecified atom stereocenters. The minimum absolute atomic E-state index is 0.501. The summed E-state index contributed by atoms with van der Waals surface area (Å²) in [5.41, 5.74) is 0. The molecule has 0 aliphatic heterocycles. The van der Waals surface area contributed by atoms with E-state index in [1.165, 1.54) is 83.5 Å². The molecule has 0 aliphatic carbocycles. The van der Waals surface area contributed by atoms with Gasteiger partial charge in [0.25, 0.3) is 5.28 Å². The first-order valence-corrected chi connectivity index (χ1v) is 14.1. The Kier molecular flexibility index (Phi) is 18.2. The molecule has 0 aliphatic rings. The number of hydrogen-bond donors (Lipinski definition) is 0. The van der Waals surface area contributed by atoms with E-state index in [4.69, 9.17) is 0 Å². The second kappa shape index (κ2) is 18.3. The van der Waals surface area contributed by atoms with E-state index >= 15 is 0 Å². The van der Waals surface area contributed by atoms with Gasteiger partial charge >= 0.3 is 8.03 Å². The molecule has 0 aromatic heterocycles. The second-order valence-corrected chi connectivity index (χ2v) is 11.3. The zero-order valence-electron chi connectivity index (χ0n) is 21.1. The SMILES string of the molecule is CCCCCCCCCCCCC/C=C\CCCCCC(CC)([P+](=O)[O-])[N+](C)(C)C. The van der Waals surface area contributed by atoms with Crippen LogP contribution in [0.5, 0.6) is 0 Å². The second-order valence-electron chi connectivity index (χ2n) is 10.0. The molecule has 0 N–H and O–H groups in total. The number of hydrogen-bond acceptors (Lipinski definition) is 2. The third kappa shape index (κ3) is 13.2. The maximum absolute atomic E-state index is 11.9. The molecule has 0 radical (unpaired) electrons. The standard InChI is InChI=1S/C26H53NO2P/c1-6-8-9-10-11-12-13-14-15-16-17-18-19-20-21-22-23-24-25-26(7-2,30(28)29)27(3,4)5/h19-20H,6-18,21-25H2,1-5H3/q+1/b20-19-. The van der Waals surface area contributed by atoms with Crippen LogP contribution in [0.2, 0.25) is 0 Å². The van der Waals surface area contributed by atoms with E-state index in [2.05, 4.69) is 19.1 Å². The Labute approximate surface area is 190 Å². The van der Waals surface area contributed by atoms with E-state index in [1.807, 2.05) is 28.1 Å². The van der Waals surface area contributed by atoms with Crippen molar-refractivity contribution in [3.63, 3.8) is 0 Å². The van der Waals surface area contributed by atoms with Gasteiger partial charge < -0.3 is 4.89 Å². The lowest BCUT2D eigenvalue weighted by molar-refractivity contribution is -0.910. The number of allylic oxidation sites excluding steroid dienone is 2. The third-order valence-corrected chi connectivity index (χ3v) is 8.56. The molecular formula is C26H53NO2P+. The van der Waals surface area contributed by atoms with Gasteiger partial charge in [0.15, 0.2) is 0 Å². The van der Waals surface area contributed by atoms with Gasteiger partial charge in [-0.15, -0.1) is 0 Å². The summed E-state index contributed by atoms with van der Waals surface area (Å²) < 4.78 is 12.4. The molecule has 0 fully saturated rings. The number of rotatable bonds is 21. The van der Waals surface area contributed by atoms with Gasteiger partial charge in [0, 0.05) is 12.8 Å². The monoisotopic (exact) mass is 442 g/mol. The molecule has 0 spiro atoms. The fourth-order valence-corrected chi connectivity index (χ4v) is 5.55. The van der Waals surface area contributed by atoms with E-state index in [0.29, 0.717) is 10.9 Å². The Morgan fingerprint density at radius 2 is 1.10 bits per heavy atom. The van der Waals surface area contributed by atoms with E-state index in [1.54, 1.807) is 0 Å². The van der Waals surface area contributed by atoms with Gasteiger partial charge in [0.2, 0.25) is 0 Å². The van der Waals surface area contributed by atoms with Crippen molar-refractivity contribution in [1.29, 1.82) is 0 Å². The minimum Gasteiger partial charge on any atom is -0.590 e. The number of unbranched alkanes of at least 4 members (excludes halogenated alkanes) is 14. The molecule has 0 saturated carbocycles. The predicted octanol–water partition coefficient (Wildman–Crippen LogP) is 8.11. The van der Waals surface area contributed by atoms with Crippen LogP contribution < -0.4 is 4.89 Å². The van der Waals surface area contributed by atoms with Crippen LogP contribution in [0.3, 0.4) is 0 Å². The molecule has 178 valence electrons. The maximum Gasteiger partial charge on any atom is 0.376 e. The minimum atomic E-state index is -2.42. The van der Waals surface area contributed by atoms with Crippen LogP contribution in [0, 0.1) is 0 Å². The van der Waals surface area contributed by atoms with Crippen molar-refractivity contribution in [2.45, 2.75) is 135 Å². The van der Waals surface area contributed by atoms with Crippen LogP contribution >= 0.6 is 8.03 Å². The summed E-state index contributed by atoms with van der Waals surface area (Å²) >= 11 is 0. The van der Waals surface area contributed by atoms with Gasteiger partial charge in [-0.25, -0.2) is 0 Å². The highest BCUT2D eigenvalue weighted by Gasteiger charge is 2.52. The summed E-state index contributed by atoms with van der Waals surface area (Å²) in [5, 5.41) is -0.611. The predicted molar refractivity (Wildman–Crippen MR) is 132 cm³/mol. The summed E-state index contributed by atoms with van der Waals surface area (Å²) in [6.07, 6.45) is 27.2. The van der Waals surface area contributed by atoms with Crippen molar-refractivity contribution in [3.8, 4) is 0 Å². The molecular weight excluding hydrogens is 389 g/mol. The fraction of sp³-hybridized carbons (Fsp3) is 0.923. The summed E-state index contributed by atoms with van der Waals surface area (Å²) in [7, 11) is 3.59. The molecule has 2 atom stereocenters. The van der Waals surface area contributed by atoms with Crippen molar-refractivity contribution in [2.24, 2.45) is 0 Å². The molecule has 0 bridgehead atoms. The summed E-state index contributed by atoms with van der Waals surface area (Å²) in [6, 6.07) is 0. The van der Waals surface area contributed by atoms with Crippen LogP contribution in [0.4, 0.5) is 0 Å². The highest BCUT2D eigenvalue weighted by molar-refractivity contribution is 7.38. The molecule has 0 amide bonds. The van der Waals surface area contributed by atoms with Crippen molar-refractivity contribution < 1.29 is 13.9 Å². The van der Waals surface area contributed by atoms with Crippen LogP contribution in [-0.4, -0.2) is 30.9 Å². The highest BCUT2D eigenvalue weighted by Crippen LogP contribution is 2.44. The Bertz CT molecular complexity index is 445. The molecule has 0 heterocycles. The highest BCUT2D eigenvalue weighted by atomic mass is 31.1. The molecule has 30 heavy (non-hydrogen) atoms. The van der Waals surface area contributed by atoms with Crippen LogP contribution in [0.15, 0.2) is 12.2 Å². The van der Waals surface area contributed by atoms with Gasteiger partial charge in [-0.3, -0.25) is 4.48 Å². The first-order valence-electron chi connectivity index (χ1n) is 12.9. The normalized spacial score (nSPS) is 14.9. The Hall–Kier alpha value is -0.240. The zero-order valence-corrected chi connectivity index (χ0v) is 22.0. The first kappa shape index (κ1) is 29.8. The molecule has 0 aromatic carbocycles. The molecule has 0 saturated heterocycles. The summed E-state index contributed by atoms with van der Waals surface area (Å²) in [4.78, 5) is 11.9. The average molecular weight is 443 g/mol. The molecule has 0 rings (SSSR count). The van der Waals surface area contributed by atoms with Gasteiger partial charge in [-0.05, 0) is 32.1 Å². The summed E-state index contributed by atoms with van der Waals surface area (Å²) in [6.45, 7) is 4.29.